The van der Waals surface area contributed by atoms with Gasteiger partial charge in [-0.1, -0.05) is 12.0 Å². The van der Waals surface area contributed by atoms with Gasteiger partial charge in [0.2, 0.25) is 5.91 Å². The van der Waals surface area contributed by atoms with Crippen LogP contribution < -0.4 is 0 Å². The number of rotatable bonds is 7. The van der Waals surface area contributed by atoms with Crippen molar-refractivity contribution in [3.8, 4) is 0 Å². The van der Waals surface area contributed by atoms with Gasteiger partial charge in [-0.2, -0.15) is 0 Å². The Kier molecular flexibility index (Phi) is 7.87. The summed E-state index contributed by atoms with van der Waals surface area (Å²) in [6, 6.07) is 0.225. The standard InChI is InChI=1S/C8H17NO4S/c1-4-7(2)9(8(3)10)5-6-14-13-12-11/h7,11H,4-6H2,1-3H3. The van der Waals surface area contributed by atoms with Crippen molar-refractivity contribution in [1.82, 2.24) is 4.90 Å². The third-order valence-corrected chi connectivity index (χ3v) is 2.53. The van der Waals surface area contributed by atoms with Gasteiger partial charge in [0.1, 0.15) is 0 Å². The Bertz CT molecular complexity index is 167. The molecule has 0 radical (unpaired) electrons. The highest BCUT2D eigenvalue weighted by Gasteiger charge is 2.14. The summed E-state index contributed by atoms with van der Waals surface area (Å²) in [5.41, 5.74) is 0. The molecule has 1 unspecified atom stereocenters. The fourth-order valence-electron chi connectivity index (χ4n) is 1.10. The minimum absolute atomic E-state index is 0.0462. The average molecular weight is 223 g/mol. The maximum atomic E-state index is 11.2. The van der Waals surface area contributed by atoms with E-state index in [1.807, 2.05) is 13.8 Å². The van der Waals surface area contributed by atoms with Gasteiger partial charge in [0.15, 0.2) is 0 Å². The van der Waals surface area contributed by atoms with E-state index in [9.17, 15) is 4.79 Å². The van der Waals surface area contributed by atoms with Crippen LogP contribution in [0.25, 0.3) is 0 Å². The van der Waals surface area contributed by atoms with Gasteiger partial charge in [-0.3, -0.25) is 4.79 Å². The summed E-state index contributed by atoms with van der Waals surface area (Å²) in [7, 11) is 0. The molecule has 1 N–H and O–H groups in total. The van der Waals surface area contributed by atoms with Crippen molar-refractivity contribution in [2.24, 2.45) is 0 Å². The summed E-state index contributed by atoms with van der Waals surface area (Å²) in [5, 5.41) is 11.3. The average Bonchev–Trinajstić information content (AvgIpc) is 2.16. The van der Waals surface area contributed by atoms with E-state index >= 15 is 0 Å². The Labute approximate surface area is 88.4 Å². The van der Waals surface area contributed by atoms with E-state index in [2.05, 4.69) is 9.37 Å². The van der Waals surface area contributed by atoms with Gasteiger partial charge in [0, 0.05) is 37.3 Å². The van der Waals surface area contributed by atoms with Crippen LogP contribution in [0.5, 0.6) is 0 Å². The molecule has 1 atom stereocenters. The molecule has 6 heteroatoms. The molecule has 1 amide bonds. The van der Waals surface area contributed by atoms with Crippen molar-refractivity contribution >= 4 is 17.9 Å². The first-order chi connectivity index (χ1) is 6.63. The van der Waals surface area contributed by atoms with E-state index in [0.29, 0.717) is 12.3 Å². The zero-order chi connectivity index (χ0) is 11.0. The summed E-state index contributed by atoms with van der Waals surface area (Å²) < 4.78 is 4.21. The molecule has 0 aliphatic heterocycles. The summed E-state index contributed by atoms with van der Waals surface area (Å²) in [4.78, 5) is 13.0. The fraction of sp³-hybridized carbons (Fsp3) is 0.875. The van der Waals surface area contributed by atoms with E-state index in [0.717, 1.165) is 18.5 Å². The number of carbonyl (C=O) groups is 1. The third-order valence-electron chi connectivity index (χ3n) is 2.02. The molecule has 0 heterocycles. The SMILES string of the molecule is CCC(C)N(CCSOOO)C(C)=O. The van der Waals surface area contributed by atoms with Crippen LogP contribution in [0.1, 0.15) is 27.2 Å². The van der Waals surface area contributed by atoms with Crippen molar-refractivity contribution in [1.29, 1.82) is 0 Å². The van der Waals surface area contributed by atoms with Gasteiger partial charge in [-0.15, -0.1) is 4.33 Å². The predicted octanol–water partition coefficient (Wildman–Crippen LogP) is 1.70. The molecule has 0 aliphatic rings. The highest BCUT2D eigenvalue weighted by atomic mass is 32.2. The van der Waals surface area contributed by atoms with E-state index in [1.54, 1.807) is 11.8 Å². The summed E-state index contributed by atoms with van der Waals surface area (Å²) in [6.45, 7) is 6.15. The molecule has 0 saturated heterocycles. The topological polar surface area (TPSA) is 59.0 Å². The molecule has 0 aliphatic carbocycles. The molecular weight excluding hydrogens is 206 g/mol. The van der Waals surface area contributed by atoms with E-state index in [4.69, 9.17) is 5.26 Å². The van der Waals surface area contributed by atoms with Crippen molar-refractivity contribution in [2.75, 3.05) is 12.3 Å². The smallest absolute Gasteiger partial charge is 0.219 e. The molecular formula is C8H17NO4S. The Hall–Kier alpha value is -0.300. The first-order valence-electron chi connectivity index (χ1n) is 4.50. The second-order valence-corrected chi connectivity index (χ2v) is 3.71. The van der Waals surface area contributed by atoms with Crippen LogP contribution in [0.15, 0.2) is 0 Å². The Balaban J connectivity index is 3.80. The van der Waals surface area contributed by atoms with Gasteiger partial charge in [-0.25, -0.2) is 5.26 Å². The summed E-state index contributed by atoms with van der Waals surface area (Å²) in [6.07, 6.45) is 0.918. The van der Waals surface area contributed by atoms with Crippen LogP contribution >= 0.6 is 12.0 Å². The zero-order valence-electron chi connectivity index (χ0n) is 8.73. The molecule has 0 rings (SSSR count). The Morgan fingerprint density at radius 3 is 2.71 bits per heavy atom. The maximum Gasteiger partial charge on any atom is 0.219 e. The zero-order valence-corrected chi connectivity index (χ0v) is 9.54. The lowest BCUT2D eigenvalue weighted by Gasteiger charge is -2.26. The minimum atomic E-state index is 0.0462. The number of amides is 1. The number of nitrogens with zero attached hydrogens (tertiary/aromatic N) is 1. The Morgan fingerprint density at radius 2 is 2.29 bits per heavy atom. The molecule has 5 nitrogen and oxygen atoms in total. The van der Waals surface area contributed by atoms with Crippen LogP contribution in [0.2, 0.25) is 0 Å². The lowest BCUT2D eigenvalue weighted by molar-refractivity contribution is -0.432. The number of hydrogen-bond donors (Lipinski definition) is 1. The fourth-order valence-corrected chi connectivity index (χ4v) is 1.48. The molecule has 0 aromatic carbocycles. The first-order valence-corrected chi connectivity index (χ1v) is 5.41. The molecule has 0 aromatic rings. The van der Waals surface area contributed by atoms with E-state index < -0.39 is 0 Å². The van der Waals surface area contributed by atoms with Crippen molar-refractivity contribution < 1.29 is 19.4 Å². The van der Waals surface area contributed by atoms with Gasteiger partial charge in [0.05, 0.1) is 0 Å². The molecule has 0 spiro atoms. The van der Waals surface area contributed by atoms with Crippen LogP contribution in [0.3, 0.4) is 0 Å². The molecule has 0 aromatic heterocycles. The third kappa shape index (κ3) is 5.43. The molecule has 0 bridgehead atoms. The highest BCUT2D eigenvalue weighted by Crippen LogP contribution is 2.08. The van der Waals surface area contributed by atoms with Crippen molar-refractivity contribution in [2.45, 2.75) is 33.2 Å². The Morgan fingerprint density at radius 1 is 1.64 bits per heavy atom. The largest absolute Gasteiger partial charge is 0.339 e. The van der Waals surface area contributed by atoms with Gasteiger partial charge in [0.25, 0.3) is 0 Å². The normalized spacial score (nSPS) is 12.6. The minimum Gasteiger partial charge on any atom is -0.339 e. The monoisotopic (exact) mass is 223 g/mol. The second kappa shape index (κ2) is 8.05. The number of hydrogen-bond acceptors (Lipinski definition) is 5. The second-order valence-electron chi connectivity index (χ2n) is 2.93. The lowest BCUT2D eigenvalue weighted by atomic mass is 10.2. The van der Waals surface area contributed by atoms with E-state index in [1.165, 1.54) is 0 Å². The molecule has 14 heavy (non-hydrogen) atoms. The summed E-state index contributed by atoms with van der Waals surface area (Å²) in [5.74, 6) is 0.606. The van der Waals surface area contributed by atoms with Crippen LogP contribution in [-0.4, -0.2) is 34.4 Å². The van der Waals surface area contributed by atoms with Crippen molar-refractivity contribution in [3.63, 3.8) is 0 Å². The predicted molar refractivity (Wildman–Crippen MR) is 54.4 cm³/mol. The van der Waals surface area contributed by atoms with Crippen LogP contribution in [0, 0.1) is 0 Å². The molecule has 0 saturated carbocycles. The van der Waals surface area contributed by atoms with Gasteiger partial charge >= 0.3 is 0 Å². The first kappa shape index (κ1) is 13.7. The van der Waals surface area contributed by atoms with Gasteiger partial charge < -0.3 is 4.90 Å². The lowest BCUT2D eigenvalue weighted by Crippen LogP contribution is -2.38. The molecule has 84 valence electrons. The highest BCUT2D eigenvalue weighted by molar-refractivity contribution is 7.94. The summed E-state index contributed by atoms with van der Waals surface area (Å²) >= 11 is 0.961. The van der Waals surface area contributed by atoms with E-state index in [-0.39, 0.29) is 11.9 Å². The van der Waals surface area contributed by atoms with Crippen LogP contribution in [0.4, 0.5) is 0 Å². The van der Waals surface area contributed by atoms with Crippen molar-refractivity contribution in [3.05, 3.63) is 0 Å². The quantitative estimate of drug-likeness (QED) is 0.308. The van der Waals surface area contributed by atoms with Crippen LogP contribution in [-0.2, 0) is 14.2 Å². The number of carbonyl (C=O) groups excluding carboxylic acids is 1. The van der Waals surface area contributed by atoms with Gasteiger partial charge in [-0.05, 0) is 13.3 Å². The molecule has 0 fully saturated rings. The maximum absolute atomic E-state index is 11.2.